The third-order valence-electron chi connectivity index (χ3n) is 15.0. The van der Waals surface area contributed by atoms with E-state index >= 15 is 0 Å². The Labute approximate surface area is 483 Å². The standard InChI is InChI=1S/C69H29F6N11/c70-68(71,72)52-21-46(22-53(29-52)69(73,74)75)47-27-66(85-62-13-5-42(54-9-1-38(30-76)17-48(54)34-80)23-58(62)59-24-43(6-14-63(59)85)55-10-2-39(31-77)18-49(55)35-81)84-67(28-47)86-64-15-7-44(56-11-3-40(32-78)19-50(56)36-82)25-60(64)61-26-45(8-16-65(61)86)57-12-4-41(33-79)20-51(57)37-83/h1-29H. The van der Waals surface area contributed by atoms with Crippen LogP contribution in [0.15, 0.2) is 176 Å². The minimum atomic E-state index is -5.22. The van der Waals surface area contributed by atoms with Crippen LogP contribution in [0.3, 0.4) is 0 Å². The monoisotopic (exact) mass is 1130 g/mol. The molecule has 0 atom stereocenters. The molecule has 86 heavy (non-hydrogen) atoms. The van der Waals surface area contributed by atoms with Gasteiger partial charge in [-0.05, 0) is 183 Å². The Morgan fingerprint density at radius 3 is 0.791 bits per heavy atom. The molecule has 0 N–H and O–H groups in total. The maximum Gasteiger partial charge on any atom is 0.416 e. The van der Waals surface area contributed by atoms with Gasteiger partial charge in [-0.3, -0.25) is 9.13 Å². The highest BCUT2D eigenvalue weighted by atomic mass is 19.4. The molecule has 3 aromatic heterocycles. The van der Waals surface area contributed by atoms with Gasteiger partial charge in [0.2, 0.25) is 0 Å². The summed E-state index contributed by atoms with van der Waals surface area (Å²) in [4.78, 5) is 5.28. The van der Waals surface area contributed by atoms with E-state index in [2.05, 4.69) is 24.3 Å². The molecule has 402 valence electrons. The highest BCUT2D eigenvalue weighted by Gasteiger charge is 2.37. The molecule has 0 aliphatic rings. The summed E-state index contributed by atoms with van der Waals surface area (Å²) in [6, 6.07) is 60.5. The summed E-state index contributed by atoms with van der Waals surface area (Å²) >= 11 is 0. The van der Waals surface area contributed by atoms with Gasteiger partial charge in [-0.2, -0.15) is 68.4 Å². The molecule has 17 heteroatoms. The molecule has 0 aliphatic carbocycles. The molecule has 0 unspecified atom stereocenters. The molecule has 0 aliphatic heterocycles. The fraction of sp³-hybridized carbons (Fsp3) is 0.0290. The molecular weight excluding hydrogens is 1100 g/mol. The van der Waals surface area contributed by atoms with E-state index < -0.39 is 29.0 Å². The molecule has 0 radical (unpaired) electrons. The minimum absolute atomic E-state index is 0.0203. The van der Waals surface area contributed by atoms with Crippen molar-refractivity contribution in [2.45, 2.75) is 12.4 Å². The first-order valence-corrected chi connectivity index (χ1v) is 25.8. The maximum absolute atomic E-state index is 14.8. The largest absolute Gasteiger partial charge is 0.416 e. The second-order valence-corrected chi connectivity index (χ2v) is 19.9. The average molecular weight is 1130 g/mol. The lowest BCUT2D eigenvalue weighted by Crippen LogP contribution is -2.11. The van der Waals surface area contributed by atoms with E-state index in [9.17, 15) is 68.4 Å². The zero-order valence-electron chi connectivity index (χ0n) is 43.9. The molecule has 12 rings (SSSR count). The Morgan fingerprint density at radius 1 is 0.279 bits per heavy atom. The lowest BCUT2D eigenvalue weighted by Gasteiger charge is -2.17. The second-order valence-electron chi connectivity index (χ2n) is 19.9. The van der Waals surface area contributed by atoms with E-state index in [1.165, 1.54) is 36.4 Å². The highest BCUT2D eigenvalue weighted by molar-refractivity contribution is 6.13. The first-order valence-electron chi connectivity index (χ1n) is 25.8. The lowest BCUT2D eigenvalue weighted by molar-refractivity contribution is -0.143. The summed E-state index contributed by atoms with van der Waals surface area (Å²) in [5.74, 6) is 0.0405. The fourth-order valence-corrected chi connectivity index (χ4v) is 11.1. The van der Waals surface area contributed by atoms with Crippen LogP contribution in [0, 0.1) is 90.6 Å². The fourth-order valence-electron chi connectivity index (χ4n) is 11.1. The van der Waals surface area contributed by atoms with Gasteiger partial charge in [0.25, 0.3) is 0 Å². The van der Waals surface area contributed by atoms with E-state index in [0.29, 0.717) is 100 Å². The van der Waals surface area contributed by atoms with Crippen molar-refractivity contribution in [1.82, 2.24) is 14.1 Å². The number of alkyl halides is 6. The topological polar surface area (TPSA) is 213 Å². The molecule has 3 heterocycles. The number of benzene rings is 9. The van der Waals surface area contributed by atoms with E-state index in [0.717, 1.165) is 0 Å². The zero-order chi connectivity index (χ0) is 60.3. The van der Waals surface area contributed by atoms with Gasteiger partial charge >= 0.3 is 12.4 Å². The van der Waals surface area contributed by atoms with Crippen molar-refractivity contribution in [3.8, 4) is 116 Å². The Kier molecular flexibility index (Phi) is 12.9. The normalized spacial score (nSPS) is 11.3. The van der Waals surface area contributed by atoms with Crippen LogP contribution in [0.25, 0.3) is 111 Å². The van der Waals surface area contributed by atoms with E-state index in [1.54, 1.807) is 130 Å². The summed E-state index contributed by atoms with van der Waals surface area (Å²) in [5.41, 5.74) is 3.86. The number of aromatic nitrogens is 3. The van der Waals surface area contributed by atoms with Crippen molar-refractivity contribution in [3.63, 3.8) is 0 Å². The quantitative estimate of drug-likeness (QED) is 0.139. The maximum atomic E-state index is 14.8. The number of fused-ring (bicyclic) bond motifs is 6. The van der Waals surface area contributed by atoms with Crippen LogP contribution >= 0.6 is 0 Å². The SMILES string of the molecule is N#Cc1ccc(-c2ccc3c(c2)c2cc(-c4ccc(C#N)cc4C#N)ccc2n3-c2cc(-c3cc(C(F)(F)F)cc(C(F)(F)F)c3)cc(-n3c4ccc(-c5ccc(C#N)cc5C#N)cc4c4cc(-c5ccc(C#N)cc5C#N)ccc43)n2)c(C#N)c1. The van der Waals surface area contributed by atoms with Crippen LogP contribution in [-0.4, -0.2) is 14.1 Å². The Hall–Kier alpha value is -12.8. The van der Waals surface area contributed by atoms with Crippen molar-refractivity contribution < 1.29 is 26.3 Å². The number of hydrogen-bond donors (Lipinski definition) is 0. The van der Waals surface area contributed by atoms with Gasteiger partial charge < -0.3 is 0 Å². The van der Waals surface area contributed by atoms with E-state index in [4.69, 9.17) is 4.98 Å². The summed E-state index contributed by atoms with van der Waals surface area (Å²) in [5, 5.41) is 82.0. The van der Waals surface area contributed by atoms with Gasteiger partial charge in [0.05, 0.1) is 126 Å². The summed E-state index contributed by atoms with van der Waals surface area (Å²) in [7, 11) is 0. The Bertz CT molecular complexity index is 4750. The highest BCUT2D eigenvalue weighted by Crippen LogP contribution is 2.44. The summed E-state index contributed by atoms with van der Waals surface area (Å²) in [6.07, 6.45) is -10.4. The summed E-state index contributed by atoms with van der Waals surface area (Å²) in [6.45, 7) is 0. The summed E-state index contributed by atoms with van der Waals surface area (Å²) < 4.78 is 92.2. The van der Waals surface area contributed by atoms with Crippen LogP contribution in [0.1, 0.15) is 55.6 Å². The van der Waals surface area contributed by atoms with Crippen molar-refractivity contribution in [3.05, 3.63) is 232 Å². The predicted octanol–water partition coefficient (Wildman–Crippen LogP) is 16.6. The molecule has 0 saturated heterocycles. The third-order valence-corrected chi connectivity index (χ3v) is 15.0. The van der Waals surface area contributed by atoms with Crippen LogP contribution < -0.4 is 0 Å². The van der Waals surface area contributed by atoms with E-state index in [-0.39, 0.29) is 67.8 Å². The molecule has 0 amide bonds. The van der Waals surface area contributed by atoms with Crippen molar-refractivity contribution in [2.24, 2.45) is 0 Å². The van der Waals surface area contributed by atoms with Gasteiger partial charge in [0.1, 0.15) is 11.6 Å². The number of pyridine rings is 1. The molecular formula is C69H29F6N11. The predicted molar refractivity (Wildman–Crippen MR) is 308 cm³/mol. The molecule has 0 spiro atoms. The number of nitriles is 8. The number of hydrogen-bond acceptors (Lipinski definition) is 9. The molecule has 0 saturated carbocycles. The van der Waals surface area contributed by atoms with Gasteiger partial charge in [-0.15, -0.1) is 0 Å². The van der Waals surface area contributed by atoms with Crippen LogP contribution in [0.5, 0.6) is 0 Å². The van der Waals surface area contributed by atoms with Crippen molar-refractivity contribution >= 4 is 43.6 Å². The van der Waals surface area contributed by atoms with Gasteiger partial charge in [-0.25, -0.2) is 4.98 Å². The van der Waals surface area contributed by atoms with Gasteiger partial charge in [0, 0.05) is 21.5 Å². The van der Waals surface area contributed by atoms with Crippen LogP contribution in [0.4, 0.5) is 26.3 Å². The van der Waals surface area contributed by atoms with Gasteiger partial charge in [0.15, 0.2) is 0 Å². The molecule has 9 aromatic carbocycles. The second kappa shape index (κ2) is 20.6. The first-order chi connectivity index (χ1) is 41.5. The third kappa shape index (κ3) is 9.22. The van der Waals surface area contributed by atoms with Crippen molar-refractivity contribution in [2.75, 3.05) is 0 Å². The molecule has 11 nitrogen and oxygen atoms in total. The number of nitrogens with zero attached hydrogens (tertiary/aromatic N) is 11. The van der Waals surface area contributed by atoms with Crippen LogP contribution in [-0.2, 0) is 12.4 Å². The number of halogens is 6. The molecule has 12 aromatic rings. The van der Waals surface area contributed by atoms with Crippen molar-refractivity contribution in [1.29, 1.82) is 42.1 Å². The molecule has 0 bridgehead atoms. The first kappa shape index (κ1) is 53.9. The average Bonchev–Trinajstić information content (AvgIpc) is 1.66. The van der Waals surface area contributed by atoms with Crippen LogP contribution in [0.2, 0.25) is 0 Å². The molecule has 0 fully saturated rings. The smallest absolute Gasteiger partial charge is 0.294 e. The Balaban J connectivity index is 1.19. The minimum Gasteiger partial charge on any atom is -0.294 e. The Morgan fingerprint density at radius 2 is 0.547 bits per heavy atom. The lowest BCUT2D eigenvalue weighted by atomic mass is 9.95. The van der Waals surface area contributed by atoms with E-state index in [1.807, 2.05) is 24.3 Å². The van der Waals surface area contributed by atoms with Gasteiger partial charge in [-0.1, -0.05) is 48.5 Å². The number of rotatable bonds is 7. The zero-order valence-corrected chi connectivity index (χ0v) is 43.9.